The number of hydrogen-bond donors (Lipinski definition) is 3. The Kier molecular flexibility index (Phi) is 4.16. The molecule has 0 unspecified atom stereocenters. The second kappa shape index (κ2) is 6.68. The molecule has 3 heterocycles. The summed E-state index contributed by atoms with van der Waals surface area (Å²) in [5.41, 5.74) is 5.83. The van der Waals surface area contributed by atoms with Crippen LogP contribution in [0.2, 0.25) is 5.02 Å². The van der Waals surface area contributed by atoms with Crippen molar-refractivity contribution >= 4 is 28.4 Å². The minimum Gasteiger partial charge on any atom is -0.355 e. The molecule has 2 aliphatic heterocycles. The first-order chi connectivity index (χ1) is 13.2. The number of H-pyrrole nitrogens is 1. The van der Waals surface area contributed by atoms with Crippen molar-refractivity contribution in [2.75, 3.05) is 26.2 Å². The largest absolute Gasteiger partial charge is 0.355 e. The monoisotopic (exact) mass is 380 g/mol. The molecule has 1 saturated heterocycles. The van der Waals surface area contributed by atoms with Crippen LogP contribution < -0.4 is 10.6 Å². The smallest absolute Gasteiger partial charge is 0.252 e. The Morgan fingerprint density at radius 1 is 1.07 bits per heavy atom. The van der Waals surface area contributed by atoms with Crippen molar-refractivity contribution in [2.24, 2.45) is 0 Å². The lowest BCUT2D eigenvalue weighted by atomic mass is 10.0. The molecule has 1 fully saturated rings. The molecule has 0 spiro atoms. The van der Waals surface area contributed by atoms with Gasteiger partial charge in [0.25, 0.3) is 5.91 Å². The zero-order valence-electron chi connectivity index (χ0n) is 14.9. The maximum Gasteiger partial charge on any atom is 0.252 e. The van der Waals surface area contributed by atoms with E-state index in [4.69, 9.17) is 11.6 Å². The maximum atomic E-state index is 12.3. The Balaban J connectivity index is 1.51. The number of amides is 1. The standard InChI is InChI=1S/C21H21ClN4O/c22-17-3-2-15(20-16(17)11-24-21(20)27)19-10-14-9-13(1-4-18(14)25-19)12-26-7-5-23-6-8-26/h1-4,9-10,23,25H,5-8,11-12H2,(H,24,27). The second-order valence-electron chi connectivity index (χ2n) is 7.26. The third-order valence-corrected chi connectivity index (χ3v) is 5.85. The van der Waals surface area contributed by atoms with Crippen molar-refractivity contribution in [1.82, 2.24) is 20.5 Å². The van der Waals surface area contributed by atoms with Crippen LogP contribution in [0.25, 0.3) is 22.2 Å². The predicted molar refractivity (Wildman–Crippen MR) is 108 cm³/mol. The van der Waals surface area contributed by atoms with Crippen LogP contribution in [0, 0.1) is 0 Å². The van der Waals surface area contributed by atoms with Gasteiger partial charge in [-0.2, -0.15) is 0 Å². The van der Waals surface area contributed by atoms with Crippen molar-refractivity contribution in [3.63, 3.8) is 0 Å². The molecule has 138 valence electrons. The van der Waals surface area contributed by atoms with Gasteiger partial charge in [0.05, 0.1) is 5.56 Å². The van der Waals surface area contributed by atoms with Gasteiger partial charge in [0, 0.05) is 72.0 Å². The molecular weight excluding hydrogens is 360 g/mol. The highest BCUT2D eigenvalue weighted by Gasteiger charge is 2.26. The lowest BCUT2D eigenvalue weighted by molar-refractivity contribution is 0.0966. The van der Waals surface area contributed by atoms with Gasteiger partial charge in [-0.05, 0) is 29.8 Å². The van der Waals surface area contributed by atoms with Crippen LogP contribution in [0.3, 0.4) is 0 Å². The fraction of sp³-hybridized carbons (Fsp3) is 0.286. The van der Waals surface area contributed by atoms with Gasteiger partial charge < -0.3 is 15.6 Å². The predicted octanol–water partition coefficient (Wildman–Crippen LogP) is 3.14. The van der Waals surface area contributed by atoms with Gasteiger partial charge in [-0.15, -0.1) is 0 Å². The quantitative estimate of drug-likeness (QED) is 0.654. The topological polar surface area (TPSA) is 60.2 Å². The van der Waals surface area contributed by atoms with Gasteiger partial charge in [0.2, 0.25) is 0 Å². The second-order valence-corrected chi connectivity index (χ2v) is 7.67. The molecule has 2 aliphatic rings. The van der Waals surface area contributed by atoms with Crippen molar-refractivity contribution in [3.8, 4) is 11.3 Å². The zero-order chi connectivity index (χ0) is 18.4. The fourth-order valence-electron chi connectivity index (χ4n) is 4.09. The minimum atomic E-state index is -0.0550. The van der Waals surface area contributed by atoms with Crippen LogP contribution in [0.1, 0.15) is 21.5 Å². The molecule has 2 aromatic carbocycles. The van der Waals surface area contributed by atoms with Gasteiger partial charge in [0.15, 0.2) is 0 Å². The summed E-state index contributed by atoms with van der Waals surface area (Å²) in [4.78, 5) is 18.2. The van der Waals surface area contributed by atoms with Crippen LogP contribution >= 0.6 is 11.6 Å². The number of halogens is 1. The summed E-state index contributed by atoms with van der Waals surface area (Å²) in [6.07, 6.45) is 0. The number of fused-ring (bicyclic) bond motifs is 2. The zero-order valence-corrected chi connectivity index (χ0v) is 15.7. The molecule has 3 aromatic rings. The van der Waals surface area contributed by atoms with E-state index in [1.54, 1.807) is 0 Å². The minimum absolute atomic E-state index is 0.0550. The van der Waals surface area contributed by atoms with Gasteiger partial charge >= 0.3 is 0 Å². The van der Waals surface area contributed by atoms with Crippen LogP contribution in [-0.2, 0) is 13.1 Å². The van der Waals surface area contributed by atoms with E-state index in [1.165, 1.54) is 10.9 Å². The van der Waals surface area contributed by atoms with Crippen molar-refractivity contribution in [2.45, 2.75) is 13.1 Å². The highest BCUT2D eigenvalue weighted by atomic mass is 35.5. The molecule has 5 nitrogen and oxygen atoms in total. The van der Waals surface area contributed by atoms with E-state index in [9.17, 15) is 4.79 Å². The normalized spacial score (nSPS) is 17.3. The Hall–Kier alpha value is -2.34. The molecule has 1 amide bonds. The molecule has 0 atom stereocenters. The summed E-state index contributed by atoms with van der Waals surface area (Å²) in [5.74, 6) is -0.0550. The molecule has 0 radical (unpaired) electrons. The fourth-order valence-corrected chi connectivity index (χ4v) is 4.31. The highest BCUT2D eigenvalue weighted by molar-refractivity contribution is 6.32. The first-order valence-electron chi connectivity index (χ1n) is 9.34. The van der Waals surface area contributed by atoms with Crippen molar-refractivity contribution < 1.29 is 4.79 Å². The number of rotatable bonds is 3. The Morgan fingerprint density at radius 2 is 1.93 bits per heavy atom. The summed E-state index contributed by atoms with van der Waals surface area (Å²) in [5, 5.41) is 8.07. The Labute approximate surface area is 162 Å². The SMILES string of the molecule is O=C1NCc2c(Cl)ccc(-c3cc4cc(CN5CCNCC5)ccc4[nH]3)c21. The number of piperazine rings is 1. The Bertz CT molecular complexity index is 1040. The van der Waals surface area contributed by atoms with Crippen LogP contribution in [0.15, 0.2) is 36.4 Å². The van der Waals surface area contributed by atoms with Gasteiger partial charge in [-0.1, -0.05) is 23.7 Å². The van der Waals surface area contributed by atoms with Crippen molar-refractivity contribution in [3.05, 3.63) is 58.1 Å². The first-order valence-corrected chi connectivity index (χ1v) is 9.71. The number of aromatic amines is 1. The average Bonchev–Trinajstić information content (AvgIpc) is 3.27. The lowest BCUT2D eigenvalue weighted by Gasteiger charge is -2.27. The summed E-state index contributed by atoms with van der Waals surface area (Å²) in [7, 11) is 0. The van der Waals surface area contributed by atoms with Gasteiger partial charge in [0.1, 0.15) is 0 Å². The lowest BCUT2D eigenvalue weighted by Crippen LogP contribution is -2.42. The van der Waals surface area contributed by atoms with E-state index < -0.39 is 0 Å². The van der Waals surface area contributed by atoms with Crippen LogP contribution in [0.5, 0.6) is 0 Å². The van der Waals surface area contributed by atoms with Gasteiger partial charge in [-0.25, -0.2) is 0 Å². The molecule has 0 aliphatic carbocycles. The summed E-state index contributed by atoms with van der Waals surface area (Å²) in [6.45, 7) is 5.75. The maximum absolute atomic E-state index is 12.3. The average molecular weight is 381 g/mol. The van der Waals surface area contributed by atoms with E-state index in [0.29, 0.717) is 17.1 Å². The molecule has 5 rings (SSSR count). The number of benzene rings is 2. The number of carbonyl (C=O) groups is 1. The molecule has 0 saturated carbocycles. The van der Waals surface area contributed by atoms with E-state index in [1.807, 2.05) is 12.1 Å². The van der Waals surface area contributed by atoms with Gasteiger partial charge in [-0.3, -0.25) is 9.69 Å². The third kappa shape index (κ3) is 3.02. The van der Waals surface area contributed by atoms with E-state index >= 15 is 0 Å². The first kappa shape index (κ1) is 16.8. The van der Waals surface area contributed by atoms with E-state index in [2.05, 4.69) is 44.8 Å². The molecule has 27 heavy (non-hydrogen) atoms. The highest BCUT2D eigenvalue weighted by Crippen LogP contribution is 2.34. The third-order valence-electron chi connectivity index (χ3n) is 5.50. The number of nitrogens with one attached hydrogen (secondary N) is 3. The van der Waals surface area contributed by atoms with Crippen molar-refractivity contribution in [1.29, 1.82) is 0 Å². The van der Waals surface area contributed by atoms with E-state index in [0.717, 1.165) is 55.1 Å². The molecular formula is C21H21ClN4O. The summed E-state index contributed by atoms with van der Waals surface area (Å²) >= 11 is 6.27. The van der Waals surface area contributed by atoms with Crippen LogP contribution in [-0.4, -0.2) is 42.0 Å². The number of carbonyl (C=O) groups excluding carboxylic acids is 1. The molecule has 0 bridgehead atoms. The number of hydrogen-bond acceptors (Lipinski definition) is 3. The summed E-state index contributed by atoms with van der Waals surface area (Å²) in [6, 6.07) is 12.5. The van der Waals surface area contributed by atoms with Crippen LogP contribution in [0.4, 0.5) is 0 Å². The number of aromatic nitrogens is 1. The molecule has 6 heteroatoms. The molecule has 3 N–H and O–H groups in total. The Morgan fingerprint density at radius 3 is 2.78 bits per heavy atom. The molecule has 1 aromatic heterocycles. The van der Waals surface area contributed by atoms with E-state index in [-0.39, 0.29) is 5.91 Å². The number of nitrogens with zero attached hydrogens (tertiary/aromatic N) is 1. The summed E-state index contributed by atoms with van der Waals surface area (Å²) < 4.78 is 0.